The second-order valence-electron chi connectivity index (χ2n) is 4.05. The molecule has 1 fully saturated rings. The maximum atomic E-state index is 3.89. The Bertz CT molecular complexity index is 309. The molecule has 1 saturated heterocycles. The molecule has 1 atom stereocenters. The molecule has 15 heavy (non-hydrogen) atoms. The maximum absolute atomic E-state index is 3.89. The predicted molar refractivity (Wildman–Crippen MR) is 57.5 cm³/mol. The van der Waals surface area contributed by atoms with E-state index < -0.39 is 0 Å². The standard InChI is InChI=1S/C9H18N6/c1-3-15-5-4-8(7-15)6-10-9-11-12-13-14(9)2/h8H,3-7H2,1-2H3,(H,10,11,13). The van der Waals surface area contributed by atoms with Gasteiger partial charge in [0.05, 0.1) is 0 Å². The Morgan fingerprint density at radius 1 is 1.53 bits per heavy atom. The average Bonchev–Trinajstić information content (AvgIpc) is 2.84. The number of nitrogens with one attached hydrogen (secondary N) is 1. The molecule has 0 radical (unpaired) electrons. The SMILES string of the molecule is CCN1CCC(CNc2nnnn2C)C1. The van der Waals surface area contributed by atoms with Crippen LogP contribution >= 0.6 is 0 Å². The summed E-state index contributed by atoms with van der Waals surface area (Å²) in [5, 5.41) is 14.5. The summed E-state index contributed by atoms with van der Waals surface area (Å²) in [5.41, 5.74) is 0. The van der Waals surface area contributed by atoms with Crippen molar-refractivity contribution in [1.82, 2.24) is 25.1 Å². The van der Waals surface area contributed by atoms with Gasteiger partial charge in [-0.15, -0.1) is 0 Å². The highest BCUT2D eigenvalue weighted by molar-refractivity contribution is 5.20. The van der Waals surface area contributed by atoms with Crippen LogP contribution in [0.15, 0.2) is 0 Å². The fourth-order valence-electron chi connectivity index (χ4n) is 1.98. The van der Waals surface area contributed by atoms with Crippen molar-refractivity contribution >= 4 is 5.95 Å². The average molecular weight is 210 g/mol. The molecule has 1 aromatic heterocycles. The smallest absolute Gasteiger partial charge is 0.242 e. The predicted octanol–water partition coefficient (Wildman–Crippen LogP) is -0.0362. The number of nitrogens with zero attached hydrogens (tertiary/aromatic N) is 5. The topological polar surface area (TPSA) is 58.9 Å². The van der Waals surface area contributed by atoms with E-state index in [1.165, 1.54) is 19.5 Å². The quantitative estimate of drug-likeness (QED) is 0.756. The Hall–Kier alpha value is -1.17. The molecule has 6 nitrogen and oxygen atoms in total. The van der Waals surface area contributed by atoms with Crippen LogP contribution in [0.4, 0.5) is 5.95 Å². The summed E-state index contributed by atoms with van der Waals surface area (Å²) in [6.45, 7) is 6.74. The molecule has 2 heterocycles. The fourth-order valence-corrected chi connectivity index (χ4v) is 1.98. The van der Waals surface area contributed by atoms with E-state index in [0.717, 1.165) is 25.0 Å². The molecule has 1 unspecified atom stereocenters. The molecular formula is C9H18N6. The Morgan fingerprint density at radius 2 is 2.40 bits per heavy atom. The Kier molecular flexibility index (Phi) is 3.15. The summed E-state index contributed by atoms with van der Waals surface area (Å²) in [6, 6.07) is 0. The first-order valence-corrected chi connectivity index (χ1v) is 5.48. The van der Waals surface area contributed by atoms with Gasteiger partial charge in [-0.2, -0.15) is 0 Å². The second kappa shape index (κ2) is 4.57. The zero-order valence-corrected chi connectivity index (χ0v) is 9.35. The summed E-state index contributed by atoms with van der Waals surface area (Å²) in [4.78, 5) is 2.47. The molecule has 0 spiro atoms. The van der Waals surface area contributed by atoms with Crippen molar-refractivity contribution < 1.29 is 0 Å². The van der Waals surface area contributed by atoms with E-state index in [4.69, 9.17) is 0 Å². The van der Waals surface area contributed by atoms with Crippen LogP contribution in [0.5, 0.6) is 0 Å². The van der Waals surface area contributed by atoms with Gasteiger partial charge < -0.3 is 10.2 Å². The van der Waals surface area contributed by atoms with Gasteiger partial charge in [-0.25, -0.2) is 4.68 Å². The van der Waals surface area contributed by atoms with Gasteiger partial charge in [0, 0.05) is 20.1 Å². The van der Waals surface area contributed by atoms with Crippen LogP contribution in [0, 0.1) is 5.92 Å². The van der Waals surface area contributed by atoms with Gasteiger partial charge in [-0.1, -0.05) is 12.0 Å². The van der Waals surface area contributed by atoms with Crippen molar-refractivity contribution in [3.05, 3.63) is 0 Å². The van der Waals surface area contributed by atoms with E-state index >= 15 is 0 Å². The first-order valence-electron chi connectivity index (χ1n) is 5.48. The first-order chi connectivity index (χ1) is 7.29. The zero-order chi connectivity index (χ0) is 10.7. The number of anilines is 1. The first kappa shape index (κ1) is 10.4. The van der Waals surface area contributed by atoms with E-state index in [1.807, 2.05) is 7.05 Å². The van der Waals surface area contributed by atoms with Gasteiger partial charge in [-0.3, -0.25) is 0 Å². The van der Waals surface area contributed by atoms with E-state index in [2.05, 4.69) is 32.7 Å². The summed E-state index contributed by atoms with van der Waals surface area (Å²) >= 11 is 0. The van der Waals surface area contributed by atoms with Crippen LogP contribution in [0.2, 0.25) is 0 Å². The molecule has 1 aliphatic rings. The van der Waals surface area contributed by atoms with Crippen LogP contribution in [0.3, 0.4) is 0 Å². The third-order valence-electron chi connectivity index (χ3n) is 2.99. The third kappa shape index (κ3) is 2.44. The number of hydrogen-bond donors (Lipinski definition) is 1. The molecule has 0 aromatic carbocycles. The summed E-state index contributed by atoms with van der Waals surface area (Å²) in [6.07, 6.45) is 1.27. The molecule has 0 amide bonds. The Balaban J connectivity index is 1.77. The molecular weight excluding hydrogens is 192 g/mol. The summed E-state index contributed by atoms with van der Waals surface area (Å²) in [5.74, 6) is 1.48. The highest BCUT2D eigenvalue weighted by Crippen LogP contribution is 2.15. The fraction of sp³-hybridized carbons (Fsp3) is 0.889. The zero-order valence-electron chi connectivity index (χ0n) is 9.35. The number of hydrogen-bond acceptors (Lipinski definition) is 5. The van der Waals surface area contributed by atoms with Crippen molar-refractivity contribution in [2.24, 2.45) is 13.0 Å². The van der Waals surface area contributed by atoms with Crippen molar-refractivity contribution in [2.75, 3.05) is 31.5 Å². The van der Waals surface area contributed by atoms with Gasteiger partial charge >= 0.3 is 0 Å². The highest BCUT2D eigenvalue weighted by Gasteiger charge is 2.21. The molecule has 1 aliphatic heterocycles. The number of rotatable bonds is 4. The lowest BCUT2D eigenvalue weighted by molar-refractivity contribution is 0.344. The molecule has 84 valence electrons. The van der Waals surface area contributed by atoms with Gasteiger partial charge in [-0.05, 0) is 35.9 Å². The monoisotopic (exact) mass is 210 g/mol. The Morgan fingerprint density at radius 3 is 3.00 bits per heavy atom. The van der Waals surface area contributed by atoms with E-state index in [1.54, 1.807) is 4.68 Å². The second-order valence-corrected chi connectivity index (χ2v) is 4.05. The largest absolute Gasteiger partial charge is 0.353 e. The number of tetrazole rings is 1. The number of likely N-dealkylation sites (tertiary alicyclic amines) is 1. The summed E-state index contributed by atoms with van der Waals surface area (Å²) in [7, 11) is 1.84. The van der Waals surface area contributed by atoms with Gasteiger partial charge in [0.25, 0.3) is 0 Å². The van der Waals surface area contributed by atoms with E-state index in [9.17, 15) is 0 Å². The van der Waals surface area contributed by atoms with Crippen molar-refractivity contribution in [1.29, 1.82) is 0 Å². The lowest BCUT2D eigenvalue weighted by Gasteiger charge is -2.13. The molecule has 6 heteroatoms. The molecule has 0 aliphatic carbocycles. The highest BCUT2D eigenvalue weighted by atomic mass is 15.6. The number of aromatic nitrogens is 4. The van der Waals surface area contributed by atoms with Crippen molar-refractivity contribution in [3.63, 3.8) is 0 Å². The summed E-state index contributed by atoms with van der Waals surface area (Å²) < 4.78 is 1.66. The Labute approximate surface area is 89.6 Å². The van der Waals surface area contributed by atoms with Crippen molar-refractivity contribution in [2.45, 2.75) is 13.3 Å². The van der Waals surface area contributed by atoms with Gasteiger partial charge in [0.15, 0.2) is 0 Å². The van der Waals surface area contributed by atoms with Crippen LogP contribution in [-0.4, -0.2) is 51.3 Å². The minimum atomic E-state index is 0.724. The van der Waals surface area contributed by atoms with Crippen LogP contribution < -0.4 is 5.32 Å². The molecule has 2 rings (SSSR count). The molecule has 0 bridgehead atoms. The molecule has 1 N–H and O–H groups in total. The lowest BCUT2D eigenvalue weighted by atomic mass is 10.1. The molecule has 0 saturated carbocycles. The maximum Gasteiger partial charge on any atom is 0.242 e. The minimum Gasteiger partial charge on any atom is -0.353 e. The lowest BCUT2D eigenvalue weighted by Crippen LogP contribution is -2.23. The van der Waals surface area contributed by atoms with E-state index in [-0.39, 0.29) is 0 Å². The van der Waals surface area contributed by atoms with Gasteiger partial charge in [0.1, 0.15) is 0 Å². The van der Waals surface area contributed by atoms with E-state index in [0.29, 0.717) is 0 Å². The third-order valence-corrected chi connectivity index (χ3v) is 2.99. The van der Waals surface area contributed by atoms with Crippen molar-refractivity contribution in [3.8, 4) is 0 Å². The normalized spacial score (nSPS) is 22.1. The molecule has 1 aromatic rings. The number of aryl methyl sites for hydroxylation is 1. The van der Waals surface area contributed by atoms with Crippen LogP contribution in [0.25, 0.3) is 0 Å². The van der Waals surface area contributed by atoms with Crippen LogP contribution in [0.1, 0.15) is 13.3 Å². The minimum absolute atomic E-state index is 0.724. The van der Waals surface area contributed by atoms with Gasteiger partial charge in [0.2, 0.25) is 5.95 Å². The van der Waals surface area contributed by atoms with Crippen LogP contribution in [-0.2, 0) is 7.05 Å².